The Morgan fingerprint density at radius 3 is 2.73 bits per heavy atom. The van der Waals surface area contributed by atoms with Gasteiger partial charge < -0.3 is 19.9 Å². The number of aliphatic carboxylic acids is 1. The summed E-state index contributed by atoms with van der Waals surface area (Å²) in [6.07, 6.45) is 1.90. The van der Waals surface area contributed by atoms with Crippen LogP contribution >= 0.6 is 0 Å². The molecule has 0 saturated carbocycles. The number of ether oxygens (including phenoxy) is 2. The molecular weight excluding hydrogens is 430 g/mol. The number of carboxylic acids is 1. The van der Waals surface area contributed by atoms with Gasteiger partial charge in [-0.05, 0) is 18.6 Å². The average Bonchev–Trinajstić information content (AvgIpc) is 3.42. The Morgan fingerprint density at radius 2 is 2.00 bits per heavy atom. The van der Waals surface area contributed by atoms with Crippen molar-refractivity contribution in [1.29, 1.82) is 0 Å². The van der Waals surface area contributed by atoms with Gasteiger partial charge in [-0.15, -0.1) is 0 Å². The molecule has 0 bridgehead atoms. The molecule has 0 unspecified atom stereocenters. The van der Waals surface area contributed by atoms with Crippen molar-refractivity contribution in [3.8, 4) is 0 Å². The van der Waals surface area contributed by atoms with Crippen LogP contribution in [0.2, 0.25) is 0 Å². The third kappa shape index (κ3) is 4.98. The lowest BCUT2D eigenvalue weighted by molar-refractivity contribution is -0.154. The van der Waals surface area contributed by atoms with Gasteiger partial charge in [0.25, 0.3) is 5.91 Å². The summed E-state index contributed by atoms with van der Waals surface area (Å²) in [6, 6.07) is 8.77. The number of nitrogens with one attached hydrogen (secondary N) is 1. The Balaban J connectivity index is 1.51. The van der Waals surface area contributed by atoms with E-state index in [4.69, 9.17) is 14.6 Å². The largest absolute Gasteiger partial charge is 0.481 e. The van der Waals surface area contributed by atoms with E-state index in [1.807, 2.05) is 13.0 Å². The molecule has 4 rings (SSSR count). The average molecular weight is 453 g/mol. The zero-order valence-electron chi connectivity index (χ0n) is 17.9. The van der Waals surface area contributed by atoms with Crippen LogP contribution in [0.15, 0.2) is 42.9 Å². The van der Waals surface area contributed by atoms with Gasteiger partial charge in [0.05, 0.1) is 30.5 Å². The highest BCUT2D eigenvalue weighted by molar-refractivity contribution is 6.07. The van der Waals surface area contributed by atoms with Crippen molar-refractivity contribution >= 4 is 34.7 Å². The van der Waals surface area contributed by atoms with E-state index in [-0.39, 0.29) is 24.9 Å². The van der Waals surface area contributed by atoms with Gasteiger partial charge in [0.1, 0.15) is 18.2 Å². The second kappa shape index (κ2) is 9.74. The summed E-state index contributed by atoms with van der Waals surface area (Å²) < 4.78 is 13.1. The van der Waals surface area contributed by atoms with Crippen LogP contribution in [-0.4, -0.2) is 54.9 Å². The molecule has 0 spiro atoms. The van der Waals surface area contributed by atoms with E-state index in [0.717, 1.165) is 0 Å². The van der Waals surface area contributed by atoms with Gasteiger partial charge in [0.2, 0.25) is 0 Å². The second-order valence-corrected chi connectivity index (χ2v) is 7.56. The molecule has 1 saturated heterocycles. The summed E-state index contributed by atoms with van der Waals surface area (Å²) in [5, 5.41) is 16.5. The van der Waals surface area contributed by atoms with Gasteiger partial charge in [-0.2, -0.15) is 5.10 Å². The van der Waals surface area contributed by atoms with E-state index >= 15 is 0 Å². The molecule has 11 heteroatoms. The highest BCUT2D eigenvalue weighted by Crippen LogP contribution is 2.34. The third-order valence-electron chi connectivity index (χ3n) is 5.34. The summed E-state index contributed by atoms with van der Waals surface area (Å²) in [6.45, 7) is 1.91. The first-order valence-electron chi connectivity index (χ1n) is 10.6. The van der Waals surface area contributed by atoms with Crippen molar-refractivity contribution in [1.82, 2.24) is 19.7 Å². The SMILES string of the molecule is CC[C@H]1O[C@@H](n2ncc3c(NC(=O)c4ccccc4)ncnc32)C[C@H]1OC(=O)CCC(=O)O. The molecule has 33 heavy (non-hydrogen) atoms. The van der Waals surface area contributed by atoms with Crippen molar-refractivity contribution in [2.24, 2.45) is 0 Å². The molecule has 3 heterocycles. The van der Waals surface area contributed by atoms with Gasteiger partial charge >= 0.3 is 11.9 Å². The number of carbonyl (C=O) groups excluding carboxylic acids is 2. The topological polar surface area (TPSA) is 146 Å². The maximum absolute atomic E-state index is 12.5. The highest BCUT2D eigenvalue weighted by Gasteiger charge is 2.39. The minimum absolute atomic E-state index is 0.199. The van der Waals surface area contributed by atoms with Crippen LogP contribution in [0, 0.1) is 0 Å². The van der Waals surface area contributed by atoms with Crippen molar-refractivity contribution in [2.45, 2.75) is 51.0 Å². The lowest BCUT2D eigenvalue weighted by atomic mass is 10.1. The van der Waals surface area contributed by atoms with Crippen molar-refractivity contribution in [3.63, 3.8) is 0 Å². The van der Waals surface area contributed by atoms with Crippen LogP contribution in [-0.2, 0) is 19.1 Å². The number of amides is 1. The molecule has 1 fully saturated rings. The standard InChI is InChI=1S/C22H23N5O6/c1-2-15-16(33-19(30)9-8-18(28)29)10-17(32-15)27-21-14(11-25-27)20(23-12-24-21)26-22(31)13-6-4-3-5-7-13/h3-7,11-12,15-17H,2,8-10H2,1H3,(H,28,29)(H,23,24,26,31)/t15-,16-,17-/m1/s1. The van der Waals surface area contributed by atoms with Gasteiger partial charge in [0.15, 0.2) is 11.9 Å². The second-order valence-electron chi connectivity index (χ2n) is 7.56. The number of hydrogen-bond acceptors (Lipinski definition) is 8. The maximum atomic E-state index is 12.5. The normalized spacial score (nSPS) is 20.0. The van der Waals surface area contributed by atoms with Crippen molar-refractivity contribution in [3.05, 3.63) is 48.4 Å². The van der Waals surface area contributed by atoms with Crippen LogP contribution in [0.3, 0.4) is 0 Å². The quantitative estimate of drug-likeness (QED) is 0.491. The molecule has 1 aromatic carbocycles. The van der Waals surface area contributed by atoms with E-state index in [2.05, 4.69) is 20.4 Å². The molecule has 0 aliphatic carbocycles. The first-order chi connectivity index (χ1) is 16.0. The van der Waals surface area contributed by atoms with Gasteiger partial charge in [-0.1, -0.05) is 25.1 Å². The minimum Gasteiger partial charge on any atom is -0.481 e. The van der Waals surface area contributed by atoms with Crippen LogP contribution < -0.4 is 5.32 Å². The van der Waals surface area contributed by atoms with E-state index in [9.17, 15) is 14.4 Å². The molecule has 2 N–H and O–H groups in total. The fourth-order valence-electron chi connectivity index (χ4n) is 3.71. The summed E-state index contributed by atoms with van der Waals surface area (Å²) in [4.78, 5) is 43.7. The zero-order chi connectivity index (χ0) is 23.4. The van der Waals surface area contributed by atoms with Crippen LogP contribution in [0.25, 0.3) is 11.0 Å². The predicted octanol–water partition coefficient (Wildman–Crippen LogP) is 2.55. The highest BCUT2D eigenvalue weighted by atomic mass is 16.6. The fraction of sp³-hybridized carbons (Fsp3) is 0.364. The van der Waals surface area contributed by atoms with Crippen LogP contribution in [0.1, 0.15) is 49.2 Å². The molecule has 11 nitrogen and oxygen atoms in total. The Labute approximate surface area is 188 Å². The van der Waals surface area contributed by atoms with Crippen molar-refractivity contribution < 1.29 is 29.0 Å². The molecule has 0 radical (unpaired) electrons. The molecule has 1 aliphatic heterocycles. The number of aromatic nitrogens is 4. The first-order valence-corrected chi connectivity index (χ1v) is 10.6. The van der Waals surface area contributed by atoms with E-state index in [0.29, 0.717) is 35.3 Å². The minimum atomic E-state index is -1.06. The number of fused-ring (bicyclic) bond motifs is 1. The zero-order valence-corrected chi connectivity index (χ0v) is 17.9. The Hall–Kier alpha value is -3.86. The van der Waals surface area contributed by atoms with Crippen molar-refractivity contribution in [2.75, 3.05) is 5.32 Å². The van der Waals surface area contributed by atoms with E-state index in [1.165, 1.54) is 6.33 Å². The summed E-state index contributed by atoms with van der Waals surface area (Å²) in [5.74, 6) is -1.62. The number of esters is 1. The number of hydrogen-bond donors (Lipinski definition) is 2. The molecular formula is C22H23N5O6. The Kier molecular flexibility index (Phi) is 6.59. The van der Waals surface area contributed by atoms with Crippen LogP contribution in [0.5, 0.6) is 0 Å². The number of rotatable bonds is 8. The molecule has 1 amide bonds. The third-order valence-corrected chi connectivity index (χ3v) is 5.34. The number of carbonyl (C=O) groups is 3. The molecule has 172 valence electrons. The van der Waals surface area contributed by atoms with E-state index in [1.54, 1.807) is 35.1 Å². The number of benzene rings is 1. The lowest BCUT2D eigenvalue weighted by Gasteiger charge is -2.16. The predicted molar refractivity (Wildman–Crippen MR) is 115 cm³/mol. The van der Waals surface area contributed by atoms with Gasteiger partial charge in [-0.25, -0.2) is 14.6 Å². The smallest absolute Gasteiger partial charge is 0.306 e. The molecule has 3 aromatic rings. The van der Waals surface area contributed by atoms with Crippen LogP contribution in [0.4, 0.5) is 5.82 Å². The number of anilines is 1. The number of carboxylic acid groups (broad SMARTS) is 1. The van der Waals surface area contributed by atoms with Gasteiger partial charge in [-0.3, -0.25) is 14.4 Å². The van der Waals surface area contributed by atoms with E-state index < -0.39 is 24.3 Å². The first kappa shape index (κ1) is 22.3. The monoisotopic (exact) mass is 453 g/mol. The fourth-order valence-corrected chi connectivity index (χ4v) is 3.71. The summed E-state index contributed by atoms with van der Waals surface area (Å²) in [5.41, 5.74) is 0.959. The number of nitrogens with zero attached hydrogens (tertiary/aromatic N) is 4. The molecule has 2 aromatic heterocycles. The Bertz CT molecular complexity index is 1160. The maximum Gasteiger partial charge on any atom is 0.306 e. The summed E-state index contributed by atoms with van der Waals surface area (Å²) >= 11 is 0. The lowest BCUT2D eigenvalue weighted by Crippen LogP contribution is -2.26. The van der Waals surface area contributed by atoms with Gasteiger partial charge in [0, 0.05) is 12.0 Å². The summed E-state index contributed by atoms with van der Waals surface area (Å²) in [7, 11) is 0. The molecule has 1 aliphatic rings. The Morgan fingerprint density at radius 1 is 1.21 bits per heavy atom. The molecule has 3 atom stereocenters.